The molecule has 5 nitrogen and oxygen atoms in total. The van der Waals surface area contributed by atoms with Crippen molar-refractivity contribution >= 4 is 5.91 Å². The van der Waals surface area contributed by atoms with Gasteiger partial charge in [-0.1, -0.05) is 13.8 Å². The third kappa shape index (κ3) is 4.13. The maximum atomic E-state index is 12.6. The third-order valence-electron chi connectivity index (χ3n) is 4.12. The Kier molecular flexibility index (Phi) is 6.07. The highest BCUT2D eigenvalue weighted by Crippen LogP contribution is 2.20. The van der Waals surface area contributed by atoms with E-state index >= 15 is 0 Å². The van der Waals surface area contributed by atoms with Gasteiger partial charge in [-0.3, -0.25) is 4.79 Å². The number of ether oxygens (including phenoxy) is 2. The Labute approximate surface area is 132 Å². The number of benzene rings is 1. The zero-order valence-corrected chi connectivity index (χ0v) is 13.7. The van der Waals surface area contributed by atoms with E-state index in [1.165, 1.54) is 0 Å². The highest BCUT2D eigenvalue weighted by molar-refractivity contribution is 5.81. The number of hydrogen-bond donors (Lipinski definition) is 0. The summed E-state index contributed by atoms with van der Waals surface area (Å²) in [5.74, 6) is 1.57. The molecule has 1 fully saturated rings. The topological polar surface area (TPSA) is 42.0 Å². The summed E-state index contributed by atoms with van der Waals surface area (Å²) in [7, 11) is 1.63. The number of methoxy groups -OCH3 is 1. The van der Waals surface area contributed by atoms with Crippen LogP contribution < -0.4 is 9.47 Å². The van der Waals surface area contributed by atoms with Gasteiger partial charge < -0.3 is 19.3 Å². The van der Waals surface area contributed by atoms with Gasteiger partial charge in [-0.05, 0) is 37.2 Å². The Morgan fingerprint density at radius 3 is 2.18 bits per heavy atom. The van der Waals surface area contributed by atoms with E-state index in [1.807, 2.05) is 36.1 Å². The molecule has 22 heavy (non-hydrogen) atoms. The van der Waals surface area contributed by atoms with Gasteiger partial charge >= 0.3 is 0 Å². The minimum absolute atomic E-state index is 0.0917. The molecule has 0 aliphatic carbocycles. The van der Waals surface area contributed by atoms with Crippen molar-refractivity contribution in [1.82, 2.24) is 9.80 Å². The molecule has 0 spiro atoms. The lowest BCUT2D eigenvalue weighted by Gasteiger charge is -2.35. The minimum atomic E-state index is -0.415. The second kappa shape index (κ2) is 8.03. The molecule has 0 saturated carbocycles. The molecule has 1 amide bonds. The van der Waals surface area contributed by atoms with Crippen LogP contribution in [0.25, 0.3) is 0 Å². The van der Waals surface area contributed by atoms with Gasteiger partial charge in [0.25, 0.3) is 5.91 Å². The Bertz CT molecular complexity index is 467. The molecule has 0 radical (unpaired) electrons. The fourth-order valence-corrected chi connectivity index (χ4v) is 2.62. The normalized spacial score (nSPS) is 17.1. The van der Waals surface area contributed by atoms with Crippen LogP contribution in [0.3, 0.4) is 0 Å². The molecule has 1 atom stereocenters. The minimum Gasteiger partial charge on any atom is -0.497 e. The SMILES string of the molecule is CC[C@H](Oc1ccc(OC)cc1)C(=O)N1CCN(CC)CC1. The Morgan fingerprint density at radius 2 is 1.68 bits per heavy atom. The number of carbonyl (C=O) groups excluding carboxylic acids is 1. The van der Waals surface area contributed by atoms with Crippen molar-refractivity contribution in [3.63, 3.8) is 0 Å². The third-order valence-corrected chi connectivity index (χ3v) is 4.12. The number of likely N-dealkylation sites (N-methyl/N-ethyl adjacent to an activating group) is 1. The summed E-state index contributed by atoms with van der Waals surface area (Å²) in [6, 6.07) is 7.35. The number of rotatable bonds is 6. The summed E-state index contributed by atoms with van der Waals surface area (Å²) in [6.07, 6.45) is 0.250. The fourth-order valence-electron chi connectivity index (χ4n) is 2.62. The summed E-state index contributed by atoms with van der Waals surface area (Å²) in [5.41, 5.74) is 0. The molecular weight excluding hydrogens is 280 g/mol. The summed E-state index contributed by atoms with van der Waals surface area (Å²) in [5, 5.41) is 0. The van der Waals surface area contributed by atoms with Crippen LogP contribution in [-0.2, 0) is 4.79 Å². The highest BCUT2D eigenvalue weighted by Gasteiger charge is 2.27. The summed E-state index contributed by atoms with van der Waals surface area (Å²) in [6.45, 7) is 8.64. The van der Waals surface area contributed by atoms with Crippen molar-refractivity contribution in [2.75, 3.05) is 39.8 Å². The van der Waals surface area contributed by atoms with Crippen LogP contribution in [-0.4, -0.2) is 61.6 Å². The average Bonchev–Trinajstić information content (AvgIpc) is 2.59. The summed E-state index contributed by atoms with van der Waals surface area (Å²) >= 11 is 0. The quantitative estimate of drug-likeness (QED) is 0.806. The molecule has 0 N–H and O–H groups in total. The molecule has 1 aliphatic rings. The molecule has 0 aromatic heterocycles. The highest BCUT2D eigenvalue weighted by atomic mass is 16.5. The van der Waals surface area contributed by atoms with Gasteiger partial charge in [0, 0.05) is 26.2 Å². The molecule has 0 unspecified atom stereocenters. The van der Waals surface area contributed by atoms with Crippen LogP contribution in [0.2, 0.25) is 0 Å². The van der Waals surface area contributed by atoms with Crippen LogP contribution in [0.4, 0.5) is 0 Å². The number of carbonyl (C=O) groups is 1. The average molecular weight is 306 g/mol. The zero-order valence-electron chi connectivity index (χ0n) is 13.7. The van der Waals surface area contributed by atoms with E-state index in [0.717, 1.165) is 38.5 Å². The lowest BCUT2D eigenvalue weighted by molar-refractivity contribution is -0.140. The summed E-state index contributed by atoms with van der Waals surface area (Å²) < 4.78 is 11.0. The first-order chi connectivity index (χ1) is 10.7. The van der Waals surface area contributed by atoms with Crippen LogP contribution in [0.1, 0.15) is 20.3 Å². The van der Waals surface area contributed by atoms with Crippen molar-refractivity contribution in [2.45, 2.75) is 26.4 Å². The van der Waals surface area contributed by atoms with Crippen LogP contribution in [0.5, 0.6) is 11.5 Å². The number of nitrogens with zero attached hydrogens (tertiary/aromatic N) is 2. The van der Waals surface area contributed by atoms with Gasteiger partial charge in [0.05, 0.1) is 7.11 Å². The molecule has 1 heterocycles. The standard InChI is InChI=1S/C17H26N2O3/c1-4-16(22-15-8-6-14(21-3)7-9-15)17(20)19-12-10-18(5-2)11-13-19/h6-9,16H,4-5,10-13H2,1-3H3/t16-/m0/s1. The van der Waals surface area contributed by atoms with E-state index < -0.39 is 6.10 Å². The Hall–Kier alpha value is -1.75. The van der Waals surface area contributed by atoms with Gasteiger partial charge in [-0.25, -0.2) is 0 Å². The molecular formula is C17H26N2O3. The van der Waals surface area contributed by atoms with Gasteiger partial charge in [0.2, 0.25) is 0 Å². The molecule has 1 aliphatic heterocycles. The van der Waals surface area contributed by atoms with Crippen LogP contribution >= 0.6 is 0 Å². The Balaban J connectivity index is 1.93. The van der Waals surface area contributed by atoms with Crippen LogP contribution in [0.15, 0.2) is 24.3 Å². The molecule has 5 heteroatoms. The fraction of sp³-hybridized carbons (Fsp3) is 0.588. The molecule has 1 aromatic rings. The second-order valence-electron chi connectivity index (χ2n) is 5.45. The van der Waals surface area contributed by atoms with Gasteiger partial charge in [0.1, 0.15) is 11.5 Å². The lowest BCUT2D eigenvalue weighted by Crippen LogP contribution is -2.52. The van der Waals surface area contributed by atoms with Crippen molar-refractivity contribution in [3.8, 4) is 11.5 Å². The Morgan fingerprint density at radius 1 is 1.09 bits per heavy atom. The largest absolute Gasteiger partial charge is 0.497 e. The van der Waals surface area contributed by atoms with E-state index in [4.69, 9.17) is 9.47 Å². The first-order valence-electron chi connectivity index (χ1n) is 7.99. The predicted molar refractivity (Wildman–Crippen MR) is 86.4 cm³/mol. The van der Waals surface area contributed by atoms with E-state index in [2.05, 4.69) is 11.8 Å². The lowest BCUT2D eigenvalue weighted by atomic mass is 10.2. The summed E-state index contributed by atoms with van der Waals surface area (Å²) in [4.78, 5) is 16.9. The first-order valence-corrected chi connectivity index (χ1v) is 7.99. The maximum Gasteiger partial charge on any atom is 0.263 e. The number of hydrogen-bond acceptors (Lipinski definition) is 4. The van der Waals surface area contributed by atoms with Crippen molar-refractivity contribution in [3.05, 3.63) is 24.3 Å². The number of piperazine rings is 1. The smallest absolute Gasteiger partial charge is 0.263 e. The molecule has 1 saturated heterocycles. The first kappa shape index (κ1) is 16.6. The monoisotopic (exact) mass is 306 g/mol. The van der Waals surface area contributed by atoms with Gasteiger partial charge in [-0.2, -0.15) is 0 Å². The van der Waals surface area contributed by atoms with E-state index in [0.29, 0.717) is 12.2 Å². The predicted octanol–water partition coefficient (Wildman–Crippen LogP) is 2.02. The van der Waals surface area contributed by atoms with Crippen LogP contribution in [0, 0.1) is 0 Å². The molecule has 2 rings (SSSR count). The second-order valence-corrected chi connectivity index (χ2v) is 5.45. The van der Waals surface area contributed by atoms with E-state index in [-0.39, 0.29) is 5.91 Å². The molecule has 0 bridgehead atoms. The zero-order chi connectivity index (χ0) is 15.9. The number of amides is 1. The maximum absolute atomic E-state index is 12.6. The van der Waals surface area contributed by atoms with Gasteiger partial charge in [0.15, 0.2) is 6.10 Å². The van der Waals surface area contributed by atoms with Crippen molar-refractivity contribution in [2.24, 2.45) is 0 Å². The van der Waals surface area contributed by atoms with Gasteiger partial charge in [-0.15, -0.1) is 0 Å². The molecule has 122 valence electrons. The van der Waals surface area contributed by atoms with E-state index in [1.54, 1.807) is 7.11 Å². The van der Waals surface area contributed by atoms with Crippen molar-refractivity contribution in [1.29, 1.82) is 0 Å². The van der Waals surface area contributed by atoms with Crippen molar-refractivity contribution < 1.29 is 14.3 Å². The van der Waals surface area contributed by atoms with E-state index in [9.17, 15) is 4.79 Å². The molecule has 1 aromatic carbocycles.